The number of benzene rings is 1. The lowest BCUT2D eigenvalue weighted by Crippen LogP contribution is -2.26. The Bertz CT molecular complexity index is 842. The standard InChI is InChI=1S/C18H25N3O4S/c1-12(2)18-20-17(25-21-18)7-5-6-16(22)19-13(3)14-8-10-15(11-9-14)26(4,23)24/h8-13H,5-7H2,1-4H3,(H,19,22). The van der Waals surface area contributed by atoms with Gasteiger partial charge in [0, 0.05) is 25.0 Å². The van der Waals surface area contributed by atoms with Crippen molar-refractivity contribution >= 4 is 15.7 Å². The monoisotopic (exact) mass is 379 g/mol. The summed E-state index contributed by atoms with van der Waals surface area (Å²) in [4.78, 5) is 16.6. The maximum absolute atomic E-state index is 12.1. The highest BCUT2D eigenvalue weighted by atomic mass is 32.2. The average Bonchev–Trinajstić information content (AvgIpc) is 3.03. The van der Waals surface area contributed by atoms with Gasteiger partial charge in [0.05, 0.1) is 10.9 Å². The Morgan fingerprint density at radius 2 is 1.85 bits per heavy atom. The van der Waals surface area contributed by atoms with Gasteiger partial charge in [-0.3, -0.25) is 4.79 Å². The molecule has 1 unspecified atom stereocenters. The van der Waals surface area contributed by atoms with Crippen LogP contribution in [-0.2, 0) is 21.1 Å². The molecule has 0 spiro atoms. The fourth-order valence-corrected chi connectivity index (χ4v) is 3.04. The molecule has 0 saturated heterocycles. The Hall–Kier alpha value is -2.22. The predicted molar refractivity (Wildman–Crippen MR) is 97.4 cm³/mol. The zero-order valence-electron chi connectivity index (χ0n) is 15.5. The summed E-state index contributed by atoms with van der Waals surface area (Å²) in [6.07, 6.45) is 2.70. The van der Waals surface area contributed by atoms with Crippen molar-refractivity contribution in [3.05, 3.63) is 41.5 Å². The molecule has 0 bridgehead atoms. The molecule has 1 aromatic carbocycles. The summed E-state index contributed by atoms with van der Waals surface area (Å²) in [7, 11) is -3.22. The molecule has 0 radical (unpaired) electrons. The molecule has 1 heterocycles. The SMILES string of the molecule is CC(C)c1noc(CCCC(=O)NC(C)c2ccc(S(C)(=O)=O)cc2)n1. The van der Waals surface area contributed by atoms with Crippen LogP contribution in [0.3, 0.4) is 0 Å². The van der Waals surface area contributed by atoms with Crippen LogP contribution in [0.4, 0.5) is 0 Å². The predicted octanol–water partition coefficient (Wildman–Crippen LogP) is 2.80. The molecular formula is C18H25N3O4S. The van der Waals surface area contributed by atoms with E-state index in [-0.39, 0.29) is 22.8 Å². The molecule has 1 atom stereocenters. The van der Waals surface area contributed by atoms with Gasteiger partial charge in [0.15, 0.2) is 15.7 Å². The van der Waals surface area contributed by atoms with Crippen LogP contribution in [0.5, 0.6) is 0 Å². The molecule has 0 saturated carbocycles. The van der Waals surface area contributed by atoms with Crippen molar-refractivity contribution < 1.29 is 17.7 Å². The molecule has 1 amide bonds. The van der Waals surface area contributed by atoms with Crippen LogP contribution < -0.4 is 5.32 Å². The number of aryl methyl sites for hydroxylation is 1. The summed E-state index contributed by atoms with van der Waals surface area (Å²) in [5.41, 5.74) is 0.851. The van der Waals surface area contributed by atoms with Gasteiger partial charge in [0.1, 0.15) is 0 Å². The molecule has 26 heavy (non-hydrogen) atoms. The van der Waals surface area contributed by atoms with Crippen LogP contribution in [0, 0.1) is 0 Å². The fraction of sp³-hybridized carbons (Fsp3) is 0.500. The summed E-state index contributed by atoms with van der Waals surface area (Å²) in [6, 6.07) is 6.33. The number of hydrogen-bond donors (Lipinski definition) is 1. The van der Waals surface area contributed by atoms with Crippen molar-refractivity contribution in [2.24, 2.45) is 0 Å². The number of carbonyl (C=O) groups excluding carboxylic acids is 1. The number of hydrogen-bond acceptors (Lipinski definition) is 6. The Labute approximate surface area is 154 Å². The third-order valence-corrected chi connectivity index (χ3v) is 5.11. The van der Waals surface area contributed by atoms with E-state index >= 15 is 0 Å². The van der Waals surface area contributed by atoms with Gasteiger partial charge in [-0.2, -0.15) is 4.98 Å². The smallest absolute Gasteiger partial charge is 0.226 e. The summed E-state index contributed by atoms with van der Waals surface area (Å²) in [6.45, 7) is 5.85. The van der Waals surface area contributed by atoms with Gasteiger partial charge in [0.25, 0.3) is 0 Å². The maximum Gasteiger partial charge on any atom is 0.226 e. The van der Waals surface area contributed by atoms with E-state index < -0.39 is 9.84 Å². The third kappa shape index (κ3) is 5.66. The fourth-order valence-electron chi connectivity index (χ4n) is 2.40. The second-order valence-corrected chi connectivity index (χ2v) is 8.70. The Morgan fingerprint density at radius 3 is 2.38 bits per heavy atom. The van der Waals surface area contributed by atoms with Crippen molar-refractivity contribution in [1.82, 2.24) is 15.5 Å². The zero-order valence-corrected chi connectivity index (χ0v) is 16.3. The lowest BCUT2D eigenvalue weighted by atomic mass is 10.1. The van der Waals surface area contributed by atoms with Crippen LogP contribution in [0.1, 0.15) is 62.9 Å². The third-order valence-electron chi connectivity index (χ3n) is 3.98. The number of carbonyl (C=O) groups is 1. The minimum Gasteiger partial charge on any atom is -0.350 e. The van der Waals surface area contributed by atoms with Crippen molar-refractivity contribution in [2.75, 3.05) is 6.26 Å². The number of nitrogens with zero attached hydrogens (tertiary/aromatic N) is 2. The molecule has 0 aliphatic carbocycles. The molecule has 0 fully saturated rings. The Kier molecular flexibility index (Phi) is 6.52. The van der Waals surface area contributed by atoms with E-state index in [0.29, 0.717) is 31.0 Å². The average molecular weight is 379 g/mol. The Morgan fingerprint density at radius 1 is 1.19 bits per heavy atom. The van der Waals surface area contributed by atoms with Crippen molar-refractivity contribution in [1.29, 1.82) is 0 Å². The molecule has 7 nitrogen and oxygen atoms in total. The van der Waals surface area contributed by atoms with Crippen LogP contribution in [-0.4, -0.2) is 30.7 Å². The molecule has 0 aliphatic rings. The van der Waals surface area contributed by atoms with E-state index in [1.807, 2.05) is 20.8 Å². The molecule has 2 rings (SSSR count). The minimum atomic E-state index is -3.22. The summed E-state index contributed by atoms with van der Waals surface area (Å²) in [5, 5.41) is 6.81. The van der Waals surface area contributed by atoms with Crippen molar-refractivity contribution in [2.45, 2.75) is 56.9 Å². The van der Waals surface area contributed by atoms with E-state index in [0.717, 1.165) is 5.56 Å². The molecule has 1 N–H and O–H groups in total. The van der Waals surface area contributed by atoms with Crippen LogP contribution in [0.25, 0.3) is 0 Å². The number of aromatic nitrogens is 2. The highest BCUT2D eigenvalue weighted by Crippen LogP contribution is 2.17. The second kappa shape index (κ2) is 8.44. The second-order valence-electron chi connectivity index (χ2n) is 6.68. The molecule has 1 aromatic heterocycles. The van der Waals surface area contributed by atoms with Gasteiger partial charge in [-0.15, -0.1) is 0 Å². The Balaban J connectivity index is 1.81. The van der Waals surface area contributed by atoms with Crippen molar-refractivity contribution in [3.63, 3.8) is 0 Å². The first-order valence-electron chi connectivity index (χ1n) is 8.58. The van der Waals surface area contributed by atoms with E-state index in [1.165, 1.54) is 6.26 Å². The maximum atomic E-state index is 12.1. The van der Waals surface area contributed by atoms with Crippen LogP contribution in [0.15, 0.2) is 33.7 Å². The van der Waals surface area contributed by atoms with Crippen LogP contribution in [0.2, 0.25) is 0 Å². The normalized spacial score (nSPS) is 13.0. The topological polar surface area (TPSA) is 102 Å². The first kappa shape index (κ1) is 20.1. The van der Waals surface area contributed by atoms with Crippen LogP contribution >= 0.6 is 0 Å². The van der Waals surface area contributed by atoms with Gasteiger partial charge < -0.3 is 9.84 Å². The lowest BCUT2D eigenvalue weighted by molar-refractivity contribution is -0.121. The quantitative estimate of drug-likeness (QED) is 0.757. The number of sulfone groups is 1. The largest absolute Gasteiger partial charge is 0.350 e. The number of rotatable bonds is 8. The van der Waals surface area contributed by atoms with Gasteiger partial charge in [0.2, 0.25) is 11.8 Å². The number of amides is 1. The molecule has 2 aromatic rings. The molecule has 142 valence electrons. The number of nitrogens with one attached hydrogen (secondary N) is 1. The van der Waals surface area contributed by atoms with E-state index in [1.54, 1.807) is 24.3 Å². The van der Waals surface area contributed by atoms with E-state index in [9.17, 15) is 13.2 Å². The molecule has 0 aliphatic heterocycles. The summed E-state index contributed by atoms with van der Waals surface area (Å²) >= 11 is 0. The zero-order chi connectivity index (χ0) is 19.3. The van der Waals surface area contributed by atoms with Gasteiger partial charge in [-0.25, -0.2) is 8.42 Å². The van der Waals surface area contributed by atoms with Gasteiger partial charge in [-0.1, -0.05) is 31.1 Å². The van der Waals surface area contributed by atoms with Gasteiger partial charge in [-0.05, 0) is 31.0 Å². The van der Waals surface area contributed by atoms with Gasteiger partial charge >= 0.3 is 0 Å². The summed E-state index contributed by atoms with van der Waals surface area (Å²) < 4.78 is 28.1. The van der Waals surface area contributed by atoms with E-state index in [2.05, 4.69) is 15.5 Å². The first-order valence-corrected chi connectivity index (χ1v) is 10.5. The van der Waals surface area contributed by atoms with E-state index in [4.69, 9.17) is 4.52 Å². The highest BCUT2D eigenvalue weighted by Gasteiger charge is 2.13. The first-order chi connectivity index (χ1) is 12.2. The summed E-state index contributed by atoms with van der Waals surface area (Å²) in [5.74, 6) is 1.36. The molecule has 8 heteroatoms. The van der Waals surface area contributed by atoms with Crippen molar-refractivity contribution in [3.8, 4) is 0 Å². The lowest BCUT2D eigenvalue weighted by Gasteiger charge is -2.14. The minimum absolute atomic E-state index is 0.0757. The highest BCUT2D eigenvalue weighted by molar-refractivity contribution is 7.90. The molecular weight excluding hydrogens is 354 g/mol.